The molecule has 28 heavy (non-hydrogen) atoms. The molecule has 6 nitrogen and oxygen atoms in total. The van der Waals surface area contributed by atoms with Crippen LogP contribution in [-0.4, -0.2) is 62.7 Å². The van der Waals surface area contributed by atoms with Gasteiger partial charge >= 0.3 is 6.03 Å². The Balaban J connectivity index is 1.63. The van der Waals surface area contributed by atoms with Crippen LogP contribution < -0.4 is 15.0 Å². The largest absolute Gasteiger partial charge is 0.497 e. The molecule has 0 aliphatic carbocycles. The molecule has 0 atom stereocenters. The topological polar surface area (TPSA) is 48.0 Å². The van der Waals surface area contributed by atoms with Gasteiger partial charge in [0, 0.05) is 39.8 Å². The number of methoxy groups -OCH3 is 1. The number of piperazine rings is 1. The number of amides is 2. The number of anilines is 2. The summed E-state index contributed by atoms with van der Waals surface area (Å²) in [4.78, 5) is 19.2. The number of nitrogens with zero attached hydrogens (tertiary/aromatic N) is 3. The third-order valence-corrected chi connectivity index (χ3v) is 5.23. The molecule has 0 aromatic heterocycles. The molecule has 0 saturated carbocycles. The minimum atomic E-state index is -0.115. The van der Waals surface area contributed by atoms with Gasteiger partial charge in [-0.15, -0.1) is 0 Å². The molecule has 1 saturated heterocycles. The normalized spacial score (nSPS) is 14.6. The minimum absolute atomic E-state index is 0.115. The molecule has 0 unspecified atom stereocenters. The lowest BCUT2D eigenvalue weighted by Crippen LogP contribution is -2.46. The Hall–Kier alpha value is -2.73. The van der Waals surface area contributed by atoms with Crippen molar-refractivity contribution in [1.29, 1.82) is 0 Å². The second-order valence-corrected chi connectivity index (χ2v) is 7.07. The summed E-state index contributed by atoms with van der Waals surface area (Å²) < 4.78 is 5.18. The predicted octanol–water partition coefficient (Wildman–Crippen LogP) is 3.50. The number of rotatable bonds is 6. The van der Waals surface area contributed by atoms with Gasteiger partial charge in [0.1, 0.15) is 5.75 Å². The number of likely N-dealkylation sites (N-methyl/N-ethyl adjacent to an activating group) is 1. The van der Waals surface area contributed by atoms with Gasteiger partial charge in [0.25, 0.3) is 0 Å². The van der Waals surface area contributed by atoms with Crippen LogP contribution in [0.25, 0.3) is 0 Å². The average Bonchev–Trinajstić information content (AvgIpc) is 2.74. The number of urea groups is 1. The van der Waals surface area contributed by atoms with E-state index in [0.29, 0.717) is 6.54 Å². The molecule has 0 bridgehead atoms. The fourth-order valence-electron chi connectivity index (χ4n) is 3.45. The van der Waals surface area contributed by atoms with Gasteiger partial charge in [-0.3, -0.25) is 0 Å². The van der Waals surface area contributed by atoms with Crippen LogP contribution in [0.4, 0.5) is 16.2 Å². The maximum absolute atomic E-state index is 12.7. The van der Waals surface area contributed by atoms with Gasteiger partial charge in [-0.05, 0) is 36.4 Å². The Kier molecular flexibility index (Phi) is 6.76. The molecule has 0 radical (unpaired) electrons. The summed E-state index contributed by atoms with van der Waals surface area (Å²) in [6, 6.07) is 15.7. The second kappa shape index (κ2) is 9.46. The highest BCUT2D eigenvalue weighted by atomic mass is 16.5. The van der Waals surface area contributed by atoms with Crippen molar-refractivity contribution in [3.8, 4) is 5.75 Å². The molecule has 0 spiro atoms. The van der Waals surface area contributed by atoms with E-state index in [1.165, 1.54) is 0 Å². The number of ether oxygens (including phenoxy) is 1. The van der Waals surface area contributed by atoms with Crippen LogP contribution in [0, 0.1) is 0 Å². The summed E-state index contributed by atoms with van der Waals surface area (Å²) in [6.07, 6.45) is 0. The number of nitrogens with one attached hydrogen (secondary N) is 1. The quantitative estimate of drug-likeness (QED) is 0.831. The van der Waals surface area contributed by atoms with Gasteiger partial charge in [0.2, 0.25) is 0 Å². The van der Waals surface area contributed by atoms with E-state index >= 15 is 0 Å². The summed E-state index contributed by atoms with van der Waals surface area (Å²) in [6.45, 7) is 7.87. The molecule has 1 aliphatic heterocycles. The van der Waals surface area contributed by atoms with Crippen molar-refractivity contribution < 1.29 is 9.53 Å². The van der Waals surface area contributed by atoms with Crippen LogP contribution in [0.15, 0.2) is 48.5 Å². The average molecular weight is 383 g/mol. The van der Waals surface area contributed by atoms with Gasteiger partial charge in [0.15, 0.2) is 0 Å². The number of carbonyl (C=O) groups is 1. The summed E-state index contributed by atoms with van der Waals surface area (Å²) >= 11 is 0. The Morgan fingerprint density at radius 1 is 1.07 bits per heavy atom. The lowest BCUT2D eigenvalue weighted by Gasteiger charge is -2.36. The van der Waals surface area contributed by atoms with Crippen molar-refractivity contribution in [2.75, 3.05) is 57.1 Å². The summed E-state index contributed by atoms with van der Waals surface area (Å²) in [5, 5.41) is 3.08. The lowest BCUT2D eigenvalue weighted by atomic mass is 10.2. The van der Waals surface area contributed by atoms with E-state index in [9.17, 15) is 4.79 Å². The fourth-order valence-corrected chi connectivity index (χ4v) is 3.45. The summed E-state index contributed by atoms with van der Waals surface area (Å²) in [5.41, 5.74) is 3.01. The maximum Gasteiger partial charge on any atom is 0.321 e. The molecule has 1 heterocycles. The number of carbonyl (C=O) groups excluding carboxylic acids is 1. The molecular formula is C22H30N4O2. The standard InChI is InChI=1S/C22H30N4O2/c1-4-25-13-15-26(16-14-25)21-8-6-5-7-20(21)23-22(27)24(2)17-18-9-11-19(28-3)12-10-18/h5-12H,4,13-17H2,1-3H3,(H,23,27). The zero-order valence-electron chi connectivity index (χ0n) is 17.0. The zero-order valence-corrected chi connectivity index (χ0v) is 17.0. The van der Waals surface area contributed by atoms with Crippen LogP contribution >= 0.6 is 0 Å². The van der Waals surface area contributed by atoms with Crippen LogP contribution in [0.5, 0.6) is 5.75 Å². The van der Waals surface area contributed by atoms with Crippen LogP contribution in [0.3, 0.4) is 0 Å². The van der Waals surface area contributed by atoms with E-state index in [1.807, 2.05) is 49.5 Å². The van der Waals surface area contributed by atoms with Crippen molar-refractivity contribution in [1.82, 2.24) is 9.80 Å². The highest BCUT2D eigenvalue weighted by molar-refractivity contribution is 5.93. The smallest absolute Gasteiger partial charge is 0.321 e. The van der Waals surface area contributed by atoms with Crippen molar-refractivity contribution in [3.05, 3.63) is 54.1 Å². The Morgan fingerprint density at radius 3 is 2.39 bits per heavy atom. The Labute approximate surface area is 167 Å². The van der Waals surface area contributed by atoms with Crippen LogP contribution in [-0.2, 0) is 6.54 Å². The Bertz CT molecular complexity index is 770. The zero-order chi connectivity index (χ0) is 19.9. The monoisotopic (exact) mass is 382 g/mol. The molecular weight excluding hydrogens is 352 g/mol. The van der Waals surface area contributed by atoms with Crippen molar-refractivity contribution >= 4 is 17.4 Å². The first-order chi connectivity index (χ1) is 13.6. The first kappa shape index (κ1) is 20.0. The van der Waals surface area contributed by atoms with E-state index < -0.39 is 0 Å². The minimum Gasteiger partial charge on any atom is -0.497 e. The van der Waals surface area contributed by atoms with Crippen LogP contribution in [0.1, 0.15) is 12.5 Å². The third kappa shape index (κ3) is 4.95. The van der Waals surface area contributed by atoms with E-state index in [1.54, 1.807) is 12.0 Å². The molecule has 3 rings (SSSR count). The number of para-hydroxylation sites is 2. The molecule has 2 aromatic carbocycles. The molecule has 1 fully saturated rings. The Morgan fingerprint density at radius 2 is 1.75 bits per heavy atom. The molecule has 1 aliphatic rings. The van der Waals surface area contributed by atoms with Crippen LogP contribution in [0.2, 0.25) is 0 Å². The van der Waals surface area contributed by atoms with Gasteiger partial charge in [0.05, 0.1) is 18.5 Å². The molecule has 150 valence electrons. The van der Waals surface area contributed by atoms with E-state index in [2.05, 4.69) is 28.1 Å². The first-order valence-electron chi connectivity index (χ1n) is 9.82. The van der Waals surface area contributed by atoms with Gasteiger partial charge < -0.3 is 24.8 Å². The van der Waals surface area contributed by atoms with E-state index in [-0.39, 0.29) is 6.03 Å². The number of benzene rings is 2. The summed E-state index contributed by atoms with van der Waals surface area (Å²) in [7, 11) is 3.45. The van der Waals surface area contributed by atoms with Crippen molar-refractivity contribution in [2.45, 2.75) is 13.5 Å². The van der Waals surface area contributed by atoms with Gasteiger partial charge in [-0.1, -0.05) is 31.2 Å². The van der Waals surface area contributed by atoms with Crippen molar-refractivity contribution in [2.24, 2.45) is 0 Å². The van der Waals surface area contributed by atoms with E-state index in [4.69, 9.17) is 4.74 Å². The van der Waals surface area contributed by atoms with Gasteiger partial charge in [-0.2, -0.15) is 0 Å². The summed E-state index contributed by atoms with van der Waals surface area (Å²) in [5.74, 6) is 0.813. The molecule has 1 N–H and O–H groups in total. The lowest BCUT2D eigenvalue weighted by molar-refractivity contribution is 0.220. The highest BCUT2D eigenvalue weighted by Gasteiger charge is 2.19. The number of hydrogen-bond acceptors (Lipinski definition) is 4. The first-order valence-corrected chi connectivity index (χ1v) is 9.82. The van der Waals surface area contributed by atoms with E-state index in [0.717, 1.165) is 55.4 Å². The SMILES string of the molecule is CCN1CCN(c2ccccc2NC(=O)N(C)Cc2ccc(OC)cc2)CC1. The fraction of sp³-hybridized carbons (Fsp3) is 0.409. The van der Waals surface area contributed by atoms with Crippen molar-refractivity contribution in [3.63, 3.8) is 0 Å². The maximum atomic E-state index is 12.7. The second-order valence-electron chi connectivity index (χ2n) is 7.07. The molecule has 2 amide bonds. The highest BCUT2D eigenvalue weighted by Crippen LogP contribution is 2.27. The van der Waals surface area contributed by atoms with Gasteiger partial charge in [-0.25, -0.2) is 4.79 Å². The predicted molar refractivity (Wildman–Crippen MR) is 114 cm³/mol. The molecule has 6 heteroatoms. The third-order valence-electron chi connectivity index (χ3n) is 5.23. The number of hydrogen-bond donors (Lipinski definition) is 1. The molecule has 2 aromatic rings.